The molecule has 0 saturated carbocycles. The fourth-order valence-electron chi connectivity index (χ4n) is 8.58. The number of amides is 3. The van der Waals surface area contributed by atoms with Gasteiger partial charge in [-0.05, 0) is 47.9 Å². The van der Waals surface area contributed by atoms with Crippen LogP contribution in [0.25, 0.3) is 0 Å². The number of nitrogens with one attached hydrogen (secondary N) is 4. The van der Waals surface area contributed by atoms with E-state index in [0.717, 1.165) is 54.6 Å². The van der Waals surface area contributed by atoms with Gasteiger partial charge in [-0.3, -0.25) is 29.2 Å². The zero-order valence-corrected chi connectivity index (χ0v) is 36.5. The van der Waals surface area contributed by atoms with Crippen LogP contribution in [0.2, 0.25) is 0 Å². The SMILES string of the molecule is NCCC(=O)N1CCc2nc(NC3Cc4ccccc4C3)ncc2C1.O=C(NCCC(=O)N1CCc2nc(NC3Cc4ccccc4C3)ncc2C1)c1cn[nH]n1.O=C(O)CC1=NCN=C1. The van der Waals surface area contributed by atoms with Gasteiger partial charge in [0.15, 0.2) is 5.69 Å². The Morgan fingerprint density at radius 2 is 1.26 bits per heavy atom. The highest BCUT2D eigenvalue weighted by Gasteiger charge is 2.27. The van der Waals surface area contributed by atoms with Gasteiger partial charge in [0.1, 0.15) is 6.67 Å². The minimum Gasteiger partial charge on any atom is -0.481 e. The number of rotatable bonds is 12. The van der Waals surface area contributed by atoms with Crippen LogP contribution in [0.5, 0.6) is 0 Å². The molecule has 5 aromatic rings. The maximum atomic E-state index is 12.6. The Kier molecular flexibility index (Phi) is 14.7. The van der Waals surface area contributed by atoms with Crippen molar-refractivity contribution in [3.63, 3.8) is 0 Å². The highest BCUT2D eigenvalue weighted by molar-refractivity contribution is 6.34. The Bertz CT molecular complexity index is 2550. The van der Waals surface area contributed by atoms with Gasteiger partial charge < -0.3 is 36.6 Å². The molecular weight excluding hydrogens is 843 g/mol. The van der Waals surface area contributed by atoms with Gasteiger partial charge in [-0.2, -0.15) is 15.4 Å². The van der Waals surface area contributed by atoms with Crippen LogP contribution in [0.3, 0.4) is 0 Å². The van der Waals surface area contributed by atoms with Crippen molar-refractivity contribution in [1.82, 2.24) is 50.5 Å². The number of carboxylic acid groups (broad SMARTS) is 1. The molecule has 7 N–H and O–H groups in total. The molecule has 5 aliphatic rings. The zero-order valence-electron chi connectivity index (χ0n) is 36.5. The minimum atomic E-state index is -0.859. The first-order chi connectivity index (χ1) is 32.2. The highest BCUT2D eigenvalue weighted by atomic mass is 16.4. The second kappa shape index (κ2) is 21.5. The zero-order chi connectivity index (χ0) is 45.8. The van der Waals surface area contributed by atoms with Crippen molar-refractivity contribution in [2.45, 2.75) is 83.0 Å². The smallest absolute Gasteiger partial charge is 0.309 e. The summed E-state index contributed by atoms with van der Waals surface area (Å²) in [6.07, 6.45) is 12.6. The molecule has 0 bridgehead atoms. The van der Waals surface area contributed by atoms with Gasteiger partial charge >= 0.3 is 5.97 Å². The lowest BCUT2D eigenvalue weighted by Crippen LogP contribution is -2.38. The van der Waals surface area contributed by atoms with Gasteiger partial charge in [0.2, 0.25) is 23.7 Å². The highest BCUT2D eigenvalue weighted by Crippen LogP contribution is 2.26. The van der Waals surface area contributed by atoms with Gasteiger partial charge in [-0.1, -0.05) is 48.5 Å². The Balaban J connectivity index is 0.000000154. The van der Waals surface area contributed by atoms with Crippen LogP contribution in [0.1, 0.15) is 74.5 Å². The second-order valence-electron chi connectivity index (χ2n) is 16.6. The van der Waals surface area contributed by atoms with E-state index < -0.39 is 5.97 Å². The topological polar surface area (TPSA) is 275 Å². The number of H-pyrrole nitrogens is 1. The van der Waals surface area contributed by atoms with Gasteiger partial charge in [-0.25, -0.2) is 19.9 Å². The quantitative estimate of drug-likeness (QED) is 0.105. The summed E-state index contributed by atoms with van der Waals surface area (Å²) in [4.78, 5) is 76.0. The third kappa shape index (κ3) is 11.8. The van der Waals surface area contributed by atoms with Crippen LogP contribution in [-0.4, -0.2) is 131 Å². The third-order valence-corrected chi connectivity index (χ3v) is 11.9. The summed E-state index contributed by atoms with van der Waals surface area (Å²) >= 11 is 0. The number of anilines is 2. The van der Waals surface area contributed by atoms with Gasteiger partial charge in [0.25, 0.3) is 5.91 Å². The minimum absolute atomic E-state index is 0.0104. The standard InChI is InChI=1S/C22H24N8O2.C19H23N5O.C5H6N2O2/c31-20(5-7-23-21(32)19-12-25-29-28-19)30-8-6-18-16(13-30)11-24-22(27-18)26-17-9-14-3-1-2-4-15(14)10-17;20-7-5-18(25)24-8-6-17-15(12-24)11-21-19(23-17)22-16-9-13-3-1-2-4-14(13)10-16;8-5(9)1-4-2-6-3-7-4/h1-4,11-12,17H,5-10,13H2,(H,23,32)(H,24,26,27)(H,25,28,29);1-4,11,16H,5-10,12,20H2,(H,21,22,23);2H,1,3H2,(H,8,9). The summed E-state index contributed by atoms with van der Waals surface area (Å²) in [6.45, 7) is 3.42. The van der Waals surface area contributed by atoms with E-state index in [-0.39, 0.29) is 42.8 Å². The number of hydrogen-bond acceptors (Lipinski definition) is 15. The van der Waals surface area contributed by atoms with Crippen LogP contribution in [0.15, 0.2) is 77.1 Å². The molecule has 0 radical (unpaired) electrons. The van der Waals surface area contributed by atoms with Crippen molar-refractivity contribution < 1.29 is 24.3 Å². The summed E-state index contributed by atoms with van der Waals surface area (Å²) in [5.74, 6) is 0.229. The maximum absolute atomic E-state index is 12.6. The average Bonchev–Trinajstić information content (AvgIpc) is 4.17. The lowest BCUT2D eigenvalue weighted by Gasteiger charge is -2.28. The van der Waals surface area contributed by atoms with Crippen LogP contribution in [0, 0.1) is 0 Å². The molecule has 2 aliphatic carbocycles. The molecule has 2 aromatic carbocycles. The number of aliphatic imine (C=N–C) groups is 2. The molecule has 0 unspecified atom stereocenters. The number of aliphatic carboxylic acids is 1. The fourth-order valence-corrected chi connectivity index (χ4v) is 8.58. The molecule has 6 heterocycles. The Morgan fingerprint density at radius 1 is 0.727 bits per heavy atom. The van der Waals surface area contributed by atoms with Crippen molar-refractivity contribution in [1.29, 1.82) is 0 Å². The molecular formula is C46H53N15O5. The second-order valence-corrected chi connectivity index (χ2v) is 16.6. The normalized spacial score (nSPS) is 15.7. The number of aromatic amines is 1. The van der Waals surface area contributed by atoms with Gasteiger partial charge in [0, 0.05) is 107 Å². The third-order valence-electron chi connectivity index (χ3n) is 11.9. The lowest BCUT2D eigenvalue weighted by atomic mass is 10.1. The molecule has 3 aliphatic heterocycles. The average molecular weight is 896 g/mol. The molecule has 66 heavy (non-hydrogen) atoms. The van der Waals surface area contributed by atoms with E-state index in [1.54, 1.807) is 4.90 Å². The van der Waals surface area contributed by atoms with Crippen molar-refractivity contribution >= 4 is 47.5 Å². The summed E-state index contributed by atoms with van der Waals surface area (Å²) in [5, 5.41) is 27.6. The lowest BCUT2D eigenvalue weighted by molar-refractivity contribution is -0.135. The number of carbonyl (C=O) groups excluding carboxylic acids is 3. The van der Waals surface area contributed by atoms with E-state index in [1.165, 1.54) is 34.7 Å². The van der Waals surface area contributed by atoms with Crippen LogP contribution in [0.4, 0.5) is 11.9 Å². The van der Waals surface area contributed by atoms with Crippen molar-refractivity contribution in [2.24, 2.45) is 15.7 Å². The molecule has 20 nitrogen and oxygen atoms in total. The molecule has 0 atom stereocenters. The molecule has 0 fully saturated rings. The monoisotopic (exact) mass is 895 g/mol. The summed E-state index contributed by atoms with van der Waals surface area (Å²) in [6, 6.07) is 17.7. The number of aromatic nitrogens is 7. The van der Waals surface area contributed by atoms with Gasteiger partial charge in [-0.15, -0.1) is 0 Å². The van der Waals surface area contributed by atoms with Crippen LogP contribution < -0.4 is 21.7 Å². The molecule has 0 saturated heterocycles. The predicted octanol–water partition coefficient (Wildman–Crippen LogP) is 2.11. The largest absolute Gasteiger partial charge is 0.481 e. The van der Waals surface area contributed by atoms with Gasteiger partial charge in [0.05, 0.1) is 29.7 Å². The Morgan fingerprint density at radius 3 is 1.71 bits per heavy atom. The number of nitrogens with two attached hydrogens (primary N) is 1. The van der Waals surface area contributed by atoms with Crippen molar-refractivity contribution in [3.8, 4) is 0 Å². The fraction of sp³-hybridized carbons (Fsp3) is 0.391. The first-order valence-corrected chi connectivity index (χ1v) is 22.2. The molecule has 20 heteroatoms. The number of fused-ring (bicyclic) bond motifs is 4. The number of carboxylic acids is 1. The number of carbonyl (C=O) groups is 4. The van der Waals surface area contributed by atoms with Crippen LogP contribution in [-0.2, 0) is 66.0 Å². The summed E-state index contributed by atoms with van der Waals surface area (Å²) < 4.78 is 0. The summed E-state index contributed by atoms with van der Waals surface area (Å²) in [7, 11) is 0. The Hall–Kier alpha value is -7.48. The maximum Gasteiger partial charge on any atom is 0.309 e. The van der Waals surface area contributed by atoms with Crippen molar-refractivity contribution in [3.05, 3.63) is 118 Å². The Labute approximate surface area is 381 Å². The summed E-state index contributed by atoms with van der Waals surface area (Å²) in [5.41, 5.74) is 15.9. The van der Waals surface area contributed by atoms with E-state index in [9.17, 15) is 19.2 Å². The van der Waals surface area contributed by atoms with Crippen molar-refractivity contribution in [2.75, 3.05) is 43.5 Å². The molecule has 3 aromatic heterocycles. The first-order valence-electron chi connectivity index (χ1n) is 22.2. The first kappa shape index (κ1) is 45.1. The number of hydrogen-bond donors (Lipinski definition) is 6. The number of nitrogens with zero attached hydrogens (tertiary/aromatic N) is 10. The van der Waals surface area contributed by atoms with E-state index in [0.29, 0.717) is 81.9 Å². The molecule has 3 amide bonds. The van der Waals surface area contributed by atoms with E-state index in [2.05, 4.69) is 99.8 Å². The van der Waals surface area contributed by atoms with Crippen LogP contribution >= 0.6 is 0 Å². The number of benzene rings is 2. The molecule has 0 spiro atoms. The van der Waals surface area contributed by atoms with E-state index in [4.69, 9.17) is 20.8 Å². The predicted molar refractivity (Wildman–Crippen MR) is 245 cm³/mol. The van der Waals surface area contributed by atoms with E-state index in [1.807, 2.05) is 17.3 Å². The van der Waals surface area contributed by atoms with E-state index >= 15 is 0 Å². The molecule has 10 rings (SSSR count). The molecule has 342 valence electrons.